The highest BCUT2D eigenvalue weighted by molar-refractivity contribution is 5.74. The number of nitrogens with two attached hydrogens (primary N) is 1. The lowest BCUT2D eigenvalue weighted by molar-refractivity contribution is -0.138. The first-order valence-corrected chi connectivity index (χ1v) is 6.07. The summed E-state index contributed by atoms with van der Waals surface area (Å²) in [6.45, 7) is 0. The van der Waals surface area contributed by atoms with E-state index in [1.54, 1.807) is 24.3 Å². The molecule has 0 spiro atoms. The quantitative estimate of drug-likeness (QED) is 0.679. The molecular formula is C15H15NO4. The molecule has 0 amide bonds. The van der Waals surface area contributed by atoms with E-state index >= 15 is 0 Å². The number of hydrogen-bond donors (Lipinski definition) is 4. The van der Waals surface area contributed by atoms with Crippen molar-refractivity contribution in [3.63, 3.8) is 0 Å². The number of carbonyl (C=O) groups is 1. The van der Waals surface area contributed by atoms with Crippen LogP contribution in [0, 0.1) is 0 Å². The summed E-state index contributed by atoms with van der Waals surface area (Å²) >= 11 is 0. The average Bonchev–Trinajstić information content (AvgIpc) is 2.42. The van der Waals surface area contributed by atoms with E-state index in [9.17, 15) is 15.0 Å². The molecule has 0 aromatic heterocycles. The number of hydrogen-bond acceptors (Lipinski definition) is 4. The highest BCUT2D eigenvalue weighted by Gasteiger charge is 2.13. The molecule has 0 unspecified atom stereocenters. The molecule has 0 heterocycles. The fourth-order valence-electron chi connectivity index (χ4n) is 1.92. The summed E-state index contributed by atoms with van der Waals surface area (Å²) in [5.41, 5.74) is 7.52. The highest BCUT2D eigenvalue weighted by atomic mass is 16.4. The normalized spacial score (nSPS) is 12.1. The summed E-state index contributed by atoms with van der Waals surface area (Å²) in [5.74, 6) is -0.843. The molecule has 0 aliphatic rings. The third kappa shape index (κ3) is 3.07. The summed E-state index contributed by atoms with van der Waals surface area (Å²) in [6.07, 6.45) is 0.181. The van der Waals surface area contributed by atoms with Crippen LogP contribution in [0.5, 0.6) is 11.5 Å². The summed E-state index contributed by atoms with van der Waals surface area (Å²) in [4.78, 5) is 10.8. The van der Waals surface area contributed by atoms with Gasteiger partial charge in [0.1, 0.15) is 17.5 Å². The van der Waals surface area contributed by atoms with Crippen LogP contribution < -0.4 is 5.73 Å². The van der Waals surface area contributed by atoms with E-state index in [-0.39, 0.29) is 17.9 Å². The van der Waals surface area contributed by atoms with Gasteiger partial charge < -0.3 is 21.1 Å². The summed E-state index contributed by atoms with van der Waals surface area (Å²) in [6, 6.07) is 10.2. The number of benzene rings is 2. The van der Waals surface area contributed by atoms with E-state index in [1.165, 1.54) is 18.2 Å². The molecule has 0 fully saturated rings. The van der Waals surface area contributed by atoms with Crippen molar-refractivity contribution >= 4 is 5.97 Å². The predicted molar refractivity (Wildman–Crippen MR) is 74.5 cm³/mol. The van der Waals surface area contributed by atoms with Gasteiger partial charge in [0, 0.05) is 5.56 Å². The Hall–Kier alpha value is -2.53. The summed E-state index contributed by atoms with van der Waals surface area (Å²) < 4.78 is 0. The van der Waals surface area contributed by atoms with Gasteiger partial charge in [-0.2, -0.15) is 0 Å². The molecule has 0 bridgehead atoms. The molecule has 1 atom stereocenters. The second-order valence-corrected chi connectivity index (χ2v) is 4.55. The Balaban J connectivity index is 2.34. The minimum atomic E-state index is -1.07. The zero-order valence-electron chi connectivity index (χ0n) is 10.7. The highest BCUT2D eigenvalue weighted by Crippen LogP contribution is 2.31. The Labute approximate surface area is 115 Å². The minimum Gasteiger partial charge on any atom is -0.508 e. The Kier molecular flexibility index (Phi) is 3.91. The van der Waals surface area contributed by atoms with Crippen LogP contribution in [0.1, 0.15) is 5.56 Å². The molecular weight excluding hydrogens is 258 g/mol. The van der Waals surface area contributed by atoms with E-state index in [0.29, 0.717) is 5.56 Å². The molecule has 0 radical (unpaired) electrons. The molecule has 0 aliphatic heterocycles. The molecule has 2 rings (SSSR count). The van der Waals surface area contributed by atoms with Crippen molar-refractivity contribution < 1.29 is 20.1 Å². The van der Waals surface area contributed by atoms with Crippen molar-refractivity contribution in [2.24, 2.45) is 5.73 Å². The van der Waals surface area contributed by atoms with E-state index in [2.05, 4.69) is 0 Å². The Morgan fingerprint density at radius 2 is 1.75 bits per heavy atom. The van der Waals surface area contributed by atoms with Crippen molar-refractivity contribution in [2.45, 2.75) is 12.5 Å². The third-order valence-corrected chi connectivity index (χ3v) is 3.01. The third-order valence-electron chi connectivity index (χ3n) is 3.01. The van der Waals surface area contributed by atoms with Gasteiger partial charge in [-0.25, -0.2) is 0 Å². The fraction of sp³-hybridized carbons (Fsp3) is 0.133. The van der Waals surface area contributed by atoms with Crippen molar-refractivity contribution in [1.29, 1.82) is 0 Å². The van der Waals surface area contributed by atoms with Gasteiger partial charge in [-0.15, -0.1) is 0 Å². The Morgan fingerprint density at radius 3 is 2.35 bits per heavy atom. The number of aliphatic carboxylic acids is 1. The minimum absolute atomic E-state index is 0.0864. The van der Waals surface area contributed by atoms with Crippen LogP contribution in [0.15, 0.2) is 42.5 Å². The average molecular weight is 273 g/mol. The van der Waals surface area contributed by atoms with E-state index in [1.807, 2.05) is 0 Å². The van der Waals surface area contributed by atoms with Gasteiger partial charge in [-0.05, 0) is 41.8 Å². The molecule has 0 saturated heterocycles. The molecule has 2 aromatic rings. The van der Waals surface area contributed by atoms with Gasteiger partial charge in [0.2, 0.25) is 0 Å². The largest absolute Gasteiger partial charge is 0.508 e. The SMILES string of the molecule is N[C@@H](Cc1ccc(O)c(-c2ccc(O)cc2)c1)C(=O)O. The zero-order chi connectivity index (χ0) is 14.7. The van der Waals surface area contributed by atoms with Crippen molar-refractivity contribution in [3.05, 3.63) is 48.0 Å². The number of carboxylic acid groups (broad SMARTS) is 1. The van der Waals surface area contributed by atoms with Crippen molar-refractivity contribution in [2.75, 3.05) is 0 Å². The maximum Gasteiger partial charge on any atom is 0.320 e. The van der Waals surface area contributed by atoms with Gasteiger partial charge in [0.15, 0.2) is 0 Å². The number of aromatic hydroxyl groups is 2. The monoisotopic (exact) mass is 273 g/mol. The van der Waals surface area contributed by atoms with Crippen LogP contribution in [-0.4, -0.2) is 27.3 Å². The first-order valence-electron chi connectivity index (χ1n) is 6.07. The van der Waals surface area contributed by atoms with Crippen LogP contribution in [0.4, 0.5) is 0 Å². The van der Waals surface area contributed by atoms with Crippen molar-refractivity contribution in [3.8, 4) is 22.6 Å². The standard InChI is InChI=1S/C15H15NO4/c16-13(15(19)20)8-9-1-6-14(18)12(7-9)10-2-4-11(17)5-3-10/h1-7,13,17-18H,8,16H2,(H,19,20)/t13-/m0/s1. The van der Waals surface area contributed by atoms with Gasteiger partial charge in [0.25, 0.3) is 0 Å². The summed E-state index contributed by atoms with van der Waals surface area (Å²) in [5, 5.41) is 28.0. The van der Waals surface area contributed by atoms with Gasteiger partial charge >= 0.3 is 5.97 Å². The molecule has 0 aliphatic carbocycles. The molecule has 5 heteroatoms. The first-order chi connectivity index (χ1) is 9.47. The second-order valence-electron chi connectivity index (χ2n) is 4.55. The number of phenolic OH excluding ortho intramolecular Hbond substituents is 2. The van der Waals surface area contributed by atoms with Crippen molar-refractivity contribution in [1.82, 2.24) is 0 Å². The Bertz CT molecular complexity index is 622. The lowest BCUT2D eigenvalue weighted by atomic mass is 9.98. The molecule has 2 aromatic carbocycles. The van der Waals surface area contributed by atoms with E-state index in [0.717, 1.165) is 11.1 Å². The topological polar surface area (TPSA) is 104 Å². The molecule has 20 heavy (non-hydrogen) atoms. The van der Waals surface area contributed by atoms with Gasteiger partial charge in [-0.3, -0.25) is 4.79 Å². The molecule has 5 N–H and O–H groups in total. The molecule has 5 nitrogen and oxygen atoms in total. The van der Waals surface area contributed by atoms with Crippen LogP contribution in [0.3, 0.4) is 0 Å². The maximum atomic E-state index is 10.8. The van der Waals surface area contributed by atoms with Crippen LogP contribution in [-0.2, 0) is 11.2 Å². The van der Waals surface area contributed by atoms with Gasteiger partial charge in [-0.1, -0.05) is 18.2 Å². The fourth-order valence-corrected chi connectivity index (χ4v) is 1.92. The molecule has 104 valence electrons. The Morgan fingerprint density at radius 1 is 1.10 bits per heavy atom. The molecule has 0 saturated carbocycles. The second kappa shape index (κ2) is 5.63. The van der Waals surface area contributed by atoms with E-state index < -0.39 is 12.0 Å². The zero-order valence-corrected chi connectivity index (χ0v) is 10.7. The lowest BCUT2D eigenvalue weighted by Gasteiger charge is -2.10. The maximum absolute atomic E-state index is 10.8. The van der Waals surface area contributed by atoms with Gasteiger partial charge in [0.05, 0.1) is 0 Å². The smallest absolute Gasteiger partial charge is 0.320 e. The first kappa shape index (κ1) is 13.9. The number of phenols is 2. The number of rotatable bonds is 4. The van der Waals surface area contributed by atoms with Crippen LogP contribution in [0.2, 0.25) is 0 Å². The lowest BCUT2D eigenvalue weighted by Crippen LogP contribution is -2.32. The number of carboxylic acids is 1. The van der Waals surface area contributed by atoms with Crippen LogP contribution >= 0.6 is 0 Å². The van der Waals surface area contributed by atoms with E-state index in [4.69, 9.17) is 10.8 Å². The summed E-state index contributed by atoms with van der Waals surface area (Å²) in [7, 11) is 0. The van der Waals surface area contributed by atoms with Crippen LogP contribution in [0.25, 0.3) is 11.1 Å². The predicted octanol–water partition coefficient (Wildman–Crippen LogP) is 1.72.